The molecule has 1 aromatic heterocycles. The van der Waals surface area contributed by atoms with E-state index < -0.39 is 6.10 Å². The minimum absolute atomic E-state index is 0.0921. The maximum atomic E-state index is 13.3. The van der Waals surface area contributed by atoms with Crippen LogP contribution in [0.15, 0.2) is 47.3 Å². The van der Waals surface area contributed by atoms with Gasteiger partial charge >= 0.3 is 0 Å². The zero-order valence-corrected chi connectivity index (χ0v) is 20.5. The SMILES string of the molecule is CCOc1ccc2[nH]c(=O)c(CN(CCc3ccc(OC)c(OC)c3)C(=O)[C@H]3CCCO3)cc2c1. The quantitative estimate of drug-likeness (QED) is 0.476. The number of carbonyl (C=O) groups excluding carboxylic acids is 1. The number of amides is 1. The van der Waals surface area contributed by atoms with E-state index in [4.69, 9.17) is 18.9 Å². The van der Waals surface area contributed by atoms with Crippen molar-refractivity contribution in [2.45, 2.75) is 38.8 Å². The van der Waals surface area contributed by atoms with Crippen molar-refractivity contribution in [3.8, 4) is 17.2 Å². The Morgan fingerprint density at radius 1 is 1.11 bits per heavy atom. The molecule has 1 fully saturated rings. The van der Waals surface area contributed by atoms with Gasteiger partial charge in [-0.2, -0.15) is 0 Å². The van der Waals surface area contributed by atoms with Crippen LogP contribution < -0.4 is 19.8 Å². The fraction of sp³-hybridized carbons (Fsp3) is 0.407. The van der Waals surface area contributed by atoms with E-state index in [1.54, 1.807) is 19.1 Å². The number of pyridine rings is 1. The second-order valence-electron chi connectivity index (χ2n) is 8.51. The fourth-order valence-corrected chi connectivity index (χ4v) is 4.35. The van der Waals surface area contributed by atoms with Crippen LogP contribution in [0.25, 0.3) is 10.9 Å². The lowest BCUT2D eigenvalue weighted by atomic mass is 10.1. The average molecular weight is 481 g/mol. The van der Waals surface area contributed by atoms with E-state index in [-0.39, 0.29) is 18.0 Å². The van der Waals surface area contributed by atoms with Gasteiger partial charge in [-0.15, -0.1) is 0 Å². The molecule has 1 atom stereocenters. The summed E-state index contributed by atoms with van der Waals surface area (Å²) in [7, 11) is 3.19. The van der Waals surface area contributed by atoms with Crippen LogP contribution in [0.3, 0.4) is 0 Å². The number of rotatable bonds is 10. The van der Waals surface area contributed by atoms with Gasteiger partial charge in [-0.1, -0.05) is 6.07 Å². The molecule has 1 aliphatic heterocycles. The molecule has 0 bridgehead atoms. The topological polar surface area (TPSA) is 90.1 Å². The van der Waals surface area contributed by atoms with Gasteiger partial charge in [0.15, 0.2) is 11.5 Å². The first-order valence-corrected chi connectivity index (χ1v) is 11.9. The first-order chi connectivity index (χ1) is 17.0. The van der Waals surface area contributed by atoms with Crippen LogP contribution in [0, 0.1) is 0 Å². The fourth-order valence-electron chi connectivity index (χ4n) is 4.35. The number of ether oxygens (including phenoxy) is 4. The number of nitrogens with zero attached hydrogens (tertiary/aromatic N) is 1. The summed E-state index contributed by atoms with van der Waals surface area (Å²) >= 11 is 0. The van der Waals surface area contributed by atoms with Crippen molar-refractivity contribution in [2.75, 3.05) is 34.0 Å². The van der Waals surface area contributed by atoms with Crippen molar-refractivity contribution in [1.82, 2.24) is 9.88 Å². The maximum absolute atomic E-state index is 13.3. The highest BCUT2D eigenvalue weighted by molar-refractivity contribution is 5.82. The first-order valence-electron chi connectivity index (χ1n) is 11.9. The lowest BCUT2D eigenvalue weighted by molar-refractivity contribution is -0.141. The molecule has 0 aliphatic carbocycles. The van der Waals surface area contributed by atoms with Crippen LogP contribution in [0.5, 0.6) is 17.2 Å². The number of aromatic nitrogens is 1. The molecule has 2 aromatic carbocycles. The molecule has 186 valence electrons. The summed E-state index contributed by atoms with van der Waals surface area (Å²) in [6.07, 6.45) is 1.68. The Morgan fingerprint density at radius 3 is 2.66 bits per heavy atom. The molecule has 4 rings (SSSR count). The summed E-state index contributed by atoms with van der Waals surface area (Å²) in [5.41, 5.74) is 2.04. The van der Waals surface area contributed by atoms with Gasteiger partial charge in [0.2, 0.25) is 0 Å². The number of aromatic amines is 1. The normalized spacial score (nSPS) is 15.2. The molecule has 1 saturated heterocycles. The minimum Gasteiger partial charge on any atom is -0.494 e. The molecule has 8 nitrogen and oxygen atoms in total. The van der Waals surface area contributed by atoms with Crippen molar-refractivity contribution < 1.29 is 23.7 Å². The lowest BCUT2D eigenvalue weighted by Gasteiger charge is -2.25. The minimum atomic E-state index is -0.468. The third kappa shape index (κ3) is 5.77. The molecule has 35 heavy (non-hydrogen) atoms. The van der Waals surface area contributed by atoms with Gasteiger partial charge in [-0.25, -0.2) is 0 Å². The zero-order valence-electron chi connectivity index (χ0n) is 20.5. The Bertz CT molecular complexity index is 1230. The number of fused-ring (bicyclic) bond motifs is 1. The van der Waals surface area contributed by atoms with Gasteiger partial charge in [-0.3, -0.25) is 9.59 Å². The molecule has 1 amide bonds. The van der Waals surface area contributed by atoms with Crippen molar-refractivity contribution >= 4 is 16.8 Å². The monoisotopic (exact) mass is 480 g/mol. The van der Waals surface area contributed by atoms with Crippen molar-refractivity contribution in [1.29, 1.82) is 0 Å². The summed E-state index contributed by atoms with van der Waals surface area (Å²) in [5.74, 6) is 1.93. The molecular formula is C27H32N2O6. The number of hydrogen-bond acceptors (Lipinski definition) is 6. The van der Waals surface area contributed by atoms with E-state index in [0.717, 1.165) is 28.6 Å². The number of hydrogen-bond donors (Lipinski definition) is 1. The Labute approximate surface area is 204 Å². The number of H-pyrrole nitrogens is 1. The zero-order chi connectivity index (χ0) is 24.8. The molecule has 0 spiro atoms. The number of nitrogens with one attached hydrogen (secondary N) is 1. The van der Waals surface area contributed by atoms with Crippen molar-refractivity contribution in [2.24, 2.45) is 0 Å². The van der Waals surface area contributed by atoms with E-state index >= 15 is 0 Å². The molecule has 0 saturated carbocycles. The summed E-state index contributed by atoms with van der Waals surface area (Å²) in [4.78, 5) is 30.8. The van der Waals surface area contributed by atoms with Crippen LogP contribution in [0.4, 0.5) is 0 Å². The third-order valence-corrected chi connectivity index (χ3v) is 6.20. The predicted octanol–water partition coefficient (Wildman–Crippen LogP) is 3.69. The van der Waals surface area contributed by atoms with Gasteiger partial charge in [0.05, 0.1) is 27.4 Å². The van der Waals surface area contributed by atoms with E-state index in [0.29, 0.717) is 49.7 Å². The highest BCUT2D eigenvalue weighted by atomic mass is 16.5. The number of carbonyl (C=O) groups is 1. The third-order valence-electron chi connectivity index (χ3n) is 6.20. The van der Waals surface area contributed by atoms with Gasteiger partial charge < -0.3 is 28.8 Å². The standard InChI is InChI=1S/C27H32N2O6/c1-4-34-21-8-9-22-19(16-21)15-20(26(30)28-22)17-29(27(31)24-6-5-13-35-24)12-11-18-7-10-23(32-2)25(14-18)33-3/h7-10,14-16,24H,4-6,11-13,17H2,1-3H3,(H,28,30)/t24-/m1/s1. The molecule has 3 aromatic rings. The summed E-state index contributed by atoms with van der Waals surface area (Å²) in [6.45, 7) is 3.69. The number of benzene rings is 2. The molecule has 0 radical (unpaired) electrons. The molecule has 1 N–H and O–H groups in total. The summed E-state index contributed by atoms with van der Waals surface area (Å²) in [6, 6.07) is 13.1. The Kier molecular flexibility index (Phi) is 7.92. The van der Waals surface area contributed by atoms with Gasteiger partial charge in [0, 0.05) is 29.6 Å². The Balaban J connectivity index is 1.59. The number of methoxy groups -OCH3 is 2. The Morgan fingerprint density at radius 2 is 1.94 bits per heavy atom. The van der Waals surface area contributed by atoms with Gasteiger partial charge in [-0.05, 0) is 68.1 Å². The molecule has 2 heterocycles. The molecule has 1 aliphatic rings. The summed E-state index contributed by atoms with van der Waals surface area (Å²) in [5, 5.41) is 0.856. The van der Waals surface area contributed by atoms with Crippen LogP contribution in [0.2, 0.25) is 0 Å². The van der Waals surface area contributed by atoms with E-state index in [1.807, 2.05) is 49.4 Å². The smallest absolute Gasteiger partial charge is 0.253 e. The van der Waals surface area contributed by atoms with Crippen molar-refractivity contribution in [3.05, 3.63) is 63.9 Å². The molecular weight excluding hydrogens is 448 g/mol. The van der Waals surface area contributed by atoms with Crippen LogP contribution in [0.1, 0.15) is 30.9 Å². The molecule has 8 heteroatoms. The maximum Gasteiger partial charge on any atom is 0.253 e. The lowest BCUT2D eigenvalue weighted by Crippen LogP contribution is -2.40. The highest BCUT2D eigenvalue weighted by Gasteiger charge is 2.28. The Hall–Kier alpha value is -3.52. The van der Waals surface area contributed by atoms with E-state index in [1.165, 1.54) is 0 Å². The van der Waals surface area contributed by atoms with Gasteiger partial charge in [0.1, 0.15) is 11.9 Å². The van der Waals surface area contributed by atoms with Gasteiger partial charge in [0.25, 0.3) is 11.5 Å². The predicted molar refractivity (Wildman–Crippen MR) is 133 cm³/mol. The van der Waals surface area contributed by atoms with Crippen LogP contribution >= 0.6 is 0 Å². The van der Waals surface area contributed by atoms with E-state index in [2.05, 4.69) is 4.98 Å². The second kappa shape index (κ2) is 11.3. The van der Waals surface area contributed by atoms with E-state index in [9.17, 15) is 9.59 Å². The van der Waals surface area contributed by atoms with Crippen LogP contribution in [-0.2, 0) is 22.5 Å². The van der Waals surface area contributed by atoms with Crippen LogP contribution in [-0.4, -0.2) is 55.9 Å². The average Bonchev–Trinajstić information content (AvgIpc) is 3.41. The van der Waals surface area contributed by atoms with Crippen molar-refractivity contribution in [3.63, 3.8) is 0 Å². The second-order valence-corrected chi connectivity index (χ2v) is 8.51. The molecule has 0 unspecified atom stereocenters. The largest absolute Gasteiger partial charge is 0.494 e. The first kappa shape index (κ1) is 24.6. The highest BCUT2D eigenvalue weighted by Crippen LogP contribution is 2.28. The summed E-state index contributed by atoms with van der Waals surface area (Å²) < 4.78 is 22.0.